The van der Waals surface area contributed by atoms with E-state index in [4.69, 9.17) is 0 Å². The van der Waals surface area contributed by atoms with Gasteiger partial charge in [-0.15, -0.1) is 13.2 Å². The highest BCUT2D eigenvalue weighted by atomic mass is 19.4. The van der Waals surface area contributed by atoms with Crippen LogP contribution in [-0.4, -0.2) is 22.3 Å². The molecule has 0 amide bonds. The highest BCUT2D eigenvalue weighted by Gasteiger charge is 2.34. The van der Waals surface area contributed by atoms with Crippen molar-refractivity contribution >= 4 is 5.97 Å². The van der Waals surface area contributed by atoms with Crippen LogP contribution in [0.25, 0.3) is 11.4 Å². The van der Waals surface area contributed by atoms with Crippen molar-refractivity contribution in [1.82, 2.24) is 9.97 Å². The average molecular weight is 414 g/mol. The normalized spacial score (nSPS) is 11.2. The minimum atomic E-state index is -5.33. The number of benzene rings is 2. The van der Waals surface area contributed by atoms with Gasteiger partial charge >= 0.3 is 12.3 Å². The van der Waals surface area contributed by atoms with Crippen LogP contribution in [0.4, 0.5) is 26.3 Å². The second-order valence-corrected chi connectivity index (χ2v) is 5.42. The summed E-state index contributed by atoms with van der Waals surface area (Å²) in [5.74, 6) is -8.19. The number of aromatic nitrogens is 2. The zero-order valence-corrected chi connectivity index (χ0v) is 14.0. The highest BCUT2D eigenvalue weighted by Crippen LogP contribution is 2.32. The Hall–Kier alpha value is -3.63. The van der Waals surface area contributed by atoms with E-state index < -0.39 is 46.8 Å². The lowest BCUT2D eigenvalue weighted by molar-refractivity contribution is -0.276. The van der Waals surface area contributed by atoms with E-state index in [2.05, 4.69) is 19.4 Å². The van der Waals surface area contributed by atoms with Gasteiger partial charge in [0.2, 0.25) is 5.75 Å². The van der Waals surface area contributed by atoms with Crippen molar-refractivity contribution in [3.63, 3.8) is 0 Å². The molecule has 0 atom stereocenters. The molecule has 0 fully saturated rings. The standard InChI is InChI=1S/C18H8F6N2O3/c19-12-6-9(16-25-4-1-5-26-16)2-3-11(12)17(27)28-10-7-13(20)15(14(21)8-10)29-18(22,23)24/h1-8H. The van der Waals surface area contributed by atoms with Crippen LogP contribution >= 0.6 is 0 Å². The summed E-state index contributed by atoms with van der Waals surface area (Å²) in [7, 11) is 0. The van der Waals surface area contributed by atoms with Crippen LogP contribution in [0.2, 0.25) is 0 Å². The summed E-state index contributed by atoms with van der Waals surface area (Å²) in [5.41, 5.74) is -0.327. The molecule has 5 nitrogen and oxygen atoms in total. The first kappa shape index (κ1) is 20.1. The van der Waals surface area contributed by atoms with Gasteiger partial charge in [-0.25, -0.2) is 27.9 Å². The van der Waals surface area contributed by atoms with Crippen molar-refractivity contribution < 1.29 is 40.6 Å². The van der Waals surface area contributed by atoms with E-state index in [0.717, 1.165) is 12.1 Å². The van der Waals surface area contributed by atoms with Crippen molar-refractivity contribution in [3.8, 4) is 22.9 Å². The van der Waals surface area contributed by atoms with Crippen molar-refractivity contribution in [2.45, 2.75) is 6.36 Å². The molecule has 1 heterocycles. The number of nitrogens with zero attached hydrogens (tertiary/aromatic N) is 2. The molecule has 3 aromatic rings. The fraction of sp³-hybridized carbons (Fsp3) is 0.0556. The van der Waals surface area contributed by atoms with Crippen molar-refractivity contribution in [2.75, 3.05) is 0 Å². The lowest BCUT2D eigenvalue weighted by Crippen LogP contribution is -2.19. The van der Waals surface area contributed by atoms with Crippen molar-refractivity contribution in [3.05, 3.63) is 71.8 Å². The van der Waals surface area contributed by atoms with E-state index in [1.165, 1.54) is 18.5 Å². The van der Waals surface area contributed by atoms with Gasteiger partial charge in [-0.05, 0) is 18.2 Å². The predicted octanol–water partition coefficient (Wildman–Crippen LogP) is 4.68. The molecule has 150 valence electrons. The van der Waals surface area contributed by atoms with Gasteiger partial charge in [0.05, 0.1) is 5.56 Å². The number of hydrogen-bond acceptors (Lipinski definition) is 5. The minimum absolute atomic E-state index is 0.190. The second kappa shape index (κ2) is 7.78. The molecule has 0 unspecified atom stereocenters. The Morgan fingerprint density at radius 1 is 0.897 bits per heavy atom. The first-order chi connectivity index (χ1) is 13.6. The van der Waals surface area contributed by atoms with E-state index in [9.17, 15) is 31.1 Å². The molecule has 1 aromatic heterocycles. The first-order valence-electron chi connectivity index (χ1n) is 7.68. The largest absolute Gasteiger partial charge is 0.573 e. The van der Waals surface area contributed by atoms with E-state index >= 15 is 0 Å². The summed E-state index contributed by atoms with van der Waals surface area (Å²) < 4.78 is 85.9. The number of ether oxygens (including phenoxy) is 2. The molecule has 11 heteroatoms. The fourth-order valence-corrected chi connectivity index (χ4v) is 2.24. The maximum atomic E-state index is 14.2. The van der Waals surface area contributed by atoms with E-state index in [0.29, 0.717) is 12.1 Å². The molecule has 0 bridgehead atoms. The zero-order valence-electron chi connectivity index (χ0n) is 14.0. The Bertz CT molecular complexity index is 1030. The Kier molecular flexibility index (Phi) is 5.39. The molecular weight excluding hydrogens is 406 g/mol. The summed E-state index contributed by atoms with van der Waals surface area (Å²) in [4.78, 5) is 19.9. The molecule has 0 aliphatic heterocycles. The number of esters is 1. The Morgan fingerprint density at radius 3 is 2.07 bits per heavy atom. The van der Waals surface area contributed by atoms with Crippen LogP contribution in [0, 0.1) is 17.5 Å². The molecule has 0 radical (unpaired) electrons. The third-order valence-corrected chi connectivity index (χ3v) is 3.41. The van der Waals surface area contributed by atoms with Crippen LogP contribution in [0.3, 0.4) is 0 Å². The summed E-state index contributed by atoms with van der Waals surface area (Å²) in [5, 5.41) is 0. The summed E-state index contributed by atoms with van der Waals surface area (Å²) in [6, 6.07) is 5.45. The Morgan fingerprint density at radius 2 is 1.52 bits per heavy atom. The van der Waals surface area contributed by atoms with Crippen LogP contribution in [-0.2, 0) is 0 Å². The van der Waals surface area contributed by atoms with Gasteiger partial charge in [0.1, 0.15) is 11.6 Å². The van der Waals surface area contributed by atoms with E-state index in [-0.39, 0.29) is 11.4 Å². The number of carbonyl (C=O) groups is 1. The lowest BCUT2D eigenvalue weighted by Gasteiger charge is -2.12. The fourth-order valence-electron chi connectivity index (χ4n) is 2.24. The quantitative estimate of drug-likeness (QED) is 0.353. The molecule has 0 saturated carbocycles. The van der Waals surface area contributed by atoms with Gasteiger partial charge in [-0.1, -0.05) is 6.07 Å². The Labute approximate surface area is 158 Å². The molecule has 2 aromatic carbocycles. The van der Waals surface area contributed by atoms with Crippen LogP contribution < -0.4 is 9.47 Å². The molecular formula is C18H8F6N2O3. The maximum Gasteiger partial charge on any atom is 0.573 e. The molecule has 3 rings (SSSR count). The van der Waals surface area contributed by atoms with Crippen molar-refractivity contribution in [1.29, 1.82) is 0 Å². The monoisotopic (exact) mass is 414 g/mol. The van der Waals surface area contributed by atoms with Crippen LogP contribution in [0.1, 0.15) is 10.4 Å². The van der Waals surface area contributed by atoms with Gasteiger partial charge in [0.15, 0.2) is 17.5 Å². The summed E-state index contributed by atoms with van der Waals surface area (Å²) in [6.07, 6.45) is -2.47. The van der Waals surface area contributed by atoms with Gasteiger partial charge in [0, 0.05) is 30.1 Å². The Balaban J connectivity index is 1.82. The number of hydrogen-bond donors (Lipinski definition) is 0. The summed E-state index contributed by atoms with van der Waals surface area (Å²) in [6.45, 7) is 0. The predicted molar refractivity (Wildman–Crippen MR) is 85.4 cm³/mol. The SMILES string of the molecule is O=C(Oc1cc(F)c(OC(F)(F)F)c(F)c1)c1ccc(-c2ncccn2)cc1F. The van der Waals surface area contributed by atoms with E-state index in [1.54, 1.807) is 6.07 Å². The smallest absolute Gasteiger partial charge is 0.423 e. The number of carbonyl (C=O) groups excluding carboxylic acids is 1. The van der Waals surface area contributed by atoms with Crippen molar-refractivity contribution in [2.24, 2.45) is 0 Å². The zero-order chi connectivity index (χ0) is 21.2. The van der Waals surface area contributed by atoms with Crippen LogP contribution in [0.15, 0.2) is 48.8 Å². The number of rotatable bonds is 4. The van der Waals surface area contributed by atoms with Gasteiger partial charge in [-0.3, -0.25) is 0 Å². The molecule has 0 N–H and O–H groups in total. The maximum absolute atomic E-state index is 14.2. The van der Waals surface area contributed by atoms with Gasteiger partial charge < -0.3 is 9.47 Å². The second-order valence-electron chi connectivity index (χ2n) is 5.42. The first-order valence-corrected chi connectivity index (χ1v) is 7.68. The third-order valence-electron chi connectivity index (χ3n) is 3.41. The third kappa shape index (κ3) is 4.81. The molecule has 0 saturated heterocycles. The van der Waals surface area contributed by atoms with Gasteiger partial charge in [0.25, 0.3) is 0 Å². The topological polar surface area (TPSA) is 61.3 Å². The van der Waals surface area contributed by atoms with Gasteiger partial charge in [-0.2, -0.15) is 0 Å². The molecule has 0 aliphatic rings. The highest BCUT2D eigenvalue weighted by molar-refractivity contribution is 5.91. The number of halogens is 6. The molecule has 0 aliphatic carbocycles. The van der Waals surface area contributed by atoms with E-state index in [1.807, 2.05) is 0 Å². The average Bonchev–Trinajstić information content (AvgIpc) is 2.64. The van der Waals surface area contributed by atoms with Crippen LogP contribution in [0.5, 0.6) is 11.5 Å². The summed E-state index contributed by atoms with van der Waals surface area (Å²) >= 11 is 0. The number of alkyl halides is 3. The molecule has 0 spiro atoms. The lowest BCUT2D eigenvalue weighted by atomic mass is 10.1. The minimum Gasteiger partial charge on any atom is -0.423 e. The molecule has 29 heavy (non-hydrogen) atoms.